The number of alkyl halides is 3. The van der Waals surface area contributed by atoms with Gasteiger partial charge in [0.25, 0.3) is 0 Å². The lowest BCUT2D eigenvalue weighted by Gasteiger charge is -2.27. The Balaban J connectivity index is 2.56. The van der Waals surface area contributed by atoms with Crippen LogP contribution in [-0.4, -0.2) is 24.2 Å². The third kappa shape index (κ3) is 2.60. The van der Waals surface area contributed by atoms with E-state index in [0.717, 1.165) is 12.8 Å². The summed E-state index contributed by atoms with van der Waals surface area (Å²) in [5, 5.41) is 2.20. The molecular weight excluding hydrogens is 197 g/mol. The molecule has 6 heteroatoms. The zero-order valence-corrected chi connectivity index (χ0v) is 7.82. The molecule has 82 valence electrons. The Labute approximate surface area is 79.8 Å². The first kappa shape index (κ1) is 11.3. The van der Waals surface area contributed by atoms with E-state index in [1.165, 1.54) is 6.92 Å². The molecule has 0 aromatic rings. The van der Waals surface area contributed by atoms with Crippen molar-refractivity contribution in [2.24, 2.45) is 11.7 Å². The van der Waals surface area contributed by atoms with Crippen molar-refractivity contribution in [3.8, 4) is 0 Å². The number of halogens is 3. The molecule has 0 aliphatic heterocycles. The number of nitrogens with two attached hydrogens (primary N) is 1. The number of amides is 1. The Bertz CT molecular complexity index is 237. The molecule has 14 heavy (non-hydrogen) atoms. The minimum Gasteiger partial charge on any atom is -0.368 e. The Kier molecular flexibility index (Phi) is 2.76. The van der Waals surface area contributed by atoms with Gasteiger partial charge in [0.2, 0.25) is 5.91 Å². The van der Waals surface area contributed by atoms with Crippen LogP contribution >= 0.6 is 0 Å². The molecule has 1 amide bonds. The highest BCUT2D eigenvalue weighted by molar-refractivity contribution is 5.85. The molecule has 0 spiro atoms. The lowest BCUT2D eigenvalue weighted by Crippen LogP contribution is -2.57. The first-order valence-electron chi connectivity index (χ1n) is 4.37. The number of hydrogen-bond acceptors (Lipinski definition) is 2. The van der Waals surface area contributed by atoms with Crippen LogP contribution < -0.4 is 11.1 Å². The molecule has 3 N–H and O–H groups in total. The average Bonchev–Trinajstić information content (AvgIpc) is 2.80. The highest BCUT2D eigenvalue weighted by Gasteiger charge is 2.47. The second kappa shape index (κ2) is 3.42. The molecule has 1 aliphatic rings. The highest BCUT2D eigenvalue weighted by atomic mass is 19.4. The third-order valence-electron chi connectivity index (χ3n) is 2.56. The fourth-order valence-corrected chi connectivity index (χ4v) is 1.38. The predicted molar refractivity (Wildman–Crippen MR) is 44.4 cm³/mol. The van der Waals surface area contributed by atoms with Crippen LogP contribution in [-0.2, 0) is 4.79 Å². The van der Waals surface area contributed by atoms with Gasteiger partial charge in [0, 0.05) is 0 Å². The van der Waals surface area contributed by atoms with E-state index in [2.05, 4.69) is 5.32 Å². The molecule has 3 nitrogen and oxygen atoms in total. The monoisotopic (exact) mass is 210 g/mol. The Morgan fingerprint density at radius 2 is 2.00 bits per heavy atom. The molecule has 1 atom stereocenters. The van der Waals surface area contributed by atoms with Crippen LogP contribution in [0.1, 0.15) is 19.8 Å². The van der Waals surface area contributed by atoms with Gasteiger partial charge in [-0.15, -0.1) is 0 Å². The molecule has 1 rings (SSSR count). The number of primary amides is 1. The molecule has 1 fully saturated rings. The van der Waals surface area contributed by atoms with Crippen LogP contribution in [0, 0.1) is 5.92 Å². The second-order valence-electron chi connectivity index (χ2n) is 3.81. The van der Waals surface area contributed by atoms with Gasteiger partial charge < -0.3 is 5.73 Å². The first-order valence-corrected chi connectivity index (χ1v) is 4.37. The minimum absolute atomic E-state index is 0.0534. The van der Waals surface area contributed by atoms with Crippen molar-refractivity contribution in [2.75, 3.05) is 6.54 Å². The van der Waals surface area contributed by atoms with Crippen molar-refractivity contribution in [2.45, 2.75) is 31.5 Å². The van der Waals surface area contributed by atoms with Gasteiger partial charge in [0.05, 0.1) is 12.1 Å². The van der Waals surface area contributed by atoms with Gasteiger partial charge in [-0.2, -0.15) is 13.2 Å². The lowest BCUT2D eigenvalue weighted by atomic mass is 9.95. The largest absolute Gasteiger partial charge is 0.401 e. The predicted octanol–water partition coefficient (Wildman–Crippen LogP) is 0.792. The Morgan fingerprint density at radius 3 is 2.29 bits per heavy atom. The topological polar surface area (TPSA) is 55.1 Å². The van der Waals surface area contributed by atoms with Gasteiger partial charge >= 0.3 is 6.18 Å². The number of carbonyl (C=O) groups excluding carboxylic acids is 1. The molecule has 0 bridgehead atoms. The van der Waals surface area contributed by atoms with E-state index in [0.29, 0.717) is 0 Å². The first-order chi connectivity index (χ1) is 6.26. The van der Waals surface area contributed by atoms with E-state index in [9.17, 15) is 18.0 Å². The summed E-state index contributed by atoms with van der Waals surface area (Å²) in [6.45, 7) is 0.252. The van der Waals surface area contributed by atoms with E-state index in [4.69, 9.17) is 5.73 Å². The van der Waals surface area contributed by atoms with Crippen LogP contribution in [0.2, 0.25) is 0 Å². The molecule has 0 aromatic carbocycles. The quantitative estimate of drug-likeness (QED) is 0.720. The van der Waals surface area contributed by atoms with E-state index >= 15 is 0 Å². The van der Waals surface area contributed by atoms with Gasteiger partial charge in [-0.1, -0.05) is 0 Å². The standard InChI is InChI=1S/C8H13F3N2O/c1-7(6(12)14,5-2-3-5)13-4-8(9,10)11/h5,13H,2-4H2,1H3,(H2,12,14). The van der Waals surface area contributed by atoms with Gasteiger partial charge in [-0.3, -0.25) is 10.1 Å². The summed E-state index contributed by atoms with van der Waals surface area (Å²) in [5.74, 6) is -0.772. The van der Waals surface area contributed by atoms with Gasteiger partial charge in [-0.25, -0.2) is 0 Å². The van der Waals surface area contributed by atoms with Crippen LogP contribution in [0.3, 0.4) is 0 Å². The maximum Gasteiger partial charge on any atom is 0.401 e. The van der Waals surface area contributed by atoms with E-state index in [-0.39, 0.29) is 5.92 Å². The Morgan fingerprint density at radius 1 is 1.50 bits per heavy atom. The van der Waals surface area contributed by atoms with Gasteiger partial charge in [0.15, 0.2) is 0 Å². The van der Waals surface area contributed by atoms with Crippen LogP contribution in [0.25, 0.3) is 0 Å². The van der Waals surface area contributed by atoms with Crippen molar-refractivity contribution in [1.82, 2.24) is 5.32 Å². The minimum atomic E-state index is -4.31. The zero-order valence-electron chi connectivity index (χ0n) is 7.82. The summed E-state index contributed by atoms with van der Waals surface area (Å²) in [6, 6.07) is 0. The van der Waals surface area contributed by atoms with E-state index < -0.39 is 24.2 Å². The molecule has 1 unspecified atom stereocenters. The molecule has 0 heterocycles. The number of carbonyl (C=O) groups is 1. The van der Waals surface area contributed by atoms with Crippen molar-refractivity contribution < 1.29 is 18.0 Å². The van der Waals surface area contributed by atoms with Gasteiger partial charge in [-0.05, 0) is 25.7 Å². The Hall–Kier alpha value is -0.780. The summed E-state index contributed by atoms with van der Waals surface area (Å²) in [6.07, 6.45) is -2.81. The van der Waals surface area contributed by atoms with Gasteiger partial charge in [0.1, 0.15) is 0 Å². The van der Waals surface area contributed by atoms with Crippen molar-refractivity contribution in [3.63, 3.8) is 0 Å². The number of hydrogen-bond donors (Lipinski definition) is 2. The highest BCUT2D eigenvalue weighted by Crippen LogP contribution is 2.39. The summed E-state index contributed by atoms with van der Waals surface area (Å²) in [4.78, 5) is 11.0. The van der Waals surface area contributed by atoms with Crippen LogP contribution in [0.5, 0.6) is 0 Å². The summed E-state index contributed by atoms with van der Waals surface area (Å²) in [7, 11) is 0. The molecule has 0 aromatic heterocycles. The lowest BCUT2D eigenvalue weighted by molar-refractivity contribution is -0.136. The van der Waals surface area contributed by atoms with Crippen molar-refractivity contribution >= 4 is 5.91 Å². The number of nitrogens with one attached hydrogen (secondary N) is 1. The third-order valence-corrected chi connectivity index (χ3v) is 2.56. The molecular formula is C8H13F3N2O. The molecule has 0 saturated heterocycles. The zero-order chi connectivity index (χ0) is 11.0. The summed E-state index contributed by atoms with van der Waals surface area (Å²) < 4.78 is 35.8. The van der Waals surface area contributed by atoms with Crippen LogP contribution in [0.4, 0.5) is 13.2 Å². The molecule has 1 saturated carbocycles. The SMILES string of the molecule is CC(NCC(F)(F)F)(C(N)=O)C1CC1. The smallest absolute Gasteiger partial charge is 0.368 e. The molecule has 1 aliphatic carbocycles. The summed E-state index contributed by atoms with van der Waals surface area (Å²) in [5.41, 5.74) is 3.86. The number of rotatable bonds is 4. The molecule has 0 radical (unpaired) electrons. The van der Waals surface area contributed by atoms with Crippen molar-refractivity contribution in [3.05, 3.63) is 0 Å². The fraction of sp³-hybridized carbons (Fsp3) is 0.875. The normalized spacial score (nSPS) is 21.7. The maximum atomic E-state index is 11.9. The van der Waals surface area contributed by atoms with E-state index in [1.54, 1.807) is 0 Å². The summed E-state index contributed by atoms with van der Waals surface area (Å²) >= 11 is 0. The second-order valence-corrected chi connectivity index (χ2v) is 3.81. The van der Waals surface area contributed by atoms with Crippen molar-refractivity contribution in [1.29, 1.82) is 0 Å². The average molecular weight is 210 g/mol. The van der Waals surface area contributed by atoms with E-state index in [1.807, 2.05) is 0 Å². The maximum absolute atomic E-state index is 11.9. The van der Waals surface area contributed by atoms with Crippen LogP contribution in [0.15, 0.2) is 0 Å². The fourth-order valence-electron chi connectivity index (χ4n) is 1.38.